The topological polar surface area (TPSA) is 9.23 Å². The predicted molar refractivity (Wildman–Crippen MR) is 54.4 cm³/mol. The van der Waals surface area contributed by atoms with Gasteiger partial charge in [0.1, 0.15) is 0 Å². The second-order valence-corrected chi connectivity index (χ2v) is 4.08. The molecule has 12 heavy (non-hydrogen) atoms. The Balaban J connectivity index is 3.00. The van der Waals surface area contributed by atoms with Gasteiger partial charge in [-0.15, -0.1) is 0 Å². The average molecular weight is 172 g/mol. The molecule has 0 N–H and O–H groups in total. The van der Waals surface area contributed by atoms with E-state index in [9.17, 15) is 0 Å². The lowest BCUT2D eigenvalue weighted by atomic mass is 10.0. The molecule has 0 saturated heterocycles. The van der Waals surface area contributed by atoms with Crippen LogP contribution in [0, 0.1) is 5.92 Å². The summed E-state index contributed by atoms with van der Waals surface area (Å²) < 4.78 is 5.18. The minimum Gasteiger partial charge on any atom is -0.382 e. The lowest BCUT2D eigenvalue weighted by molar-refractivity contribution is 0.108. The molecule has 0 aromatic rings. The fourth-order valence-corrected chi connectivity index (χ4v) is 1.28. The van der Waals surface area contributed by atoms with Crippen LogP contribution in [0.2, 0.25) is 0 Å². The molecular weight excluding hydrogens is 148 g/mol. The molecule has 0 aromatic heterocycles. The lowest BCUT2D eigenvalue weighted by Gasteiger charge is -2.08. The monoisotopic (exact) mass is 172 g/mol. The number of ether oxygens (including phenoxy) is 1. The van der Waals surface area contributed by atoms with Crippen molar-refractivity contribution >= 4 is 0 Å². The Labute approximate surface area is 77.5 Å². The Morgan fingerprint density at radius 1 is 0.917 bits per heavy atom. The van der Waals surface area contributed by atoms with Gasteiger partial charge in [-0.1, -0.05) is 39.5 Å². The van der Waals surface area contributed by atoms with Crippen molar-refractivity contribution < 1.29 is 4.74 Å². The summed E-state index contributed by atoms with van der Waals surface area (Å²) in [6, 6.07) is 0. The van der Waals surface area contributed by atoms with E-state index >= 15 is 0 Å². The van der Waals surface area contributed by atoms with Crippen LogP contribution >= 0.6 is 0 Å². The molecule has 0 heterocycles. The van der Waals surface area contributed by atoms with Gasteiger partial charge in [0, 0.05) is 7.11 Å². The largest absolute Gasteiger partial charge is 0.382 e. The second kappa shape index (κ2) is 7.60. The van der Waals surface area contributed by atoms with Gasteiger partial charge in [-0.25, -0.2) is 0 Å². The Morgan fingerprint density at radius 3 is 2.00 bits per heavy atom. The van der Waals surface area contributed by atoms with Crippen LogP contribution in [0.15, 0.2) is 0 Å². The maximum atomic E-state index is 5.18. The zero-order chi connectivity index (χ0) is 9.40. The molecule has 0 spiro atoms. The first-order valence-corrected chi connectivity index (χ1v) is 5.19. The summed E-state index contributed by atoms with van der Waals surface area (Å²) in [6.45, 7) is 6.72. The SMILES string of the molecule is COC(C)CCCCCC(C)C. The Kier molecular flexibility index (Phi) is 7.58. The smallest absolute Gasteiger partial charge is 0.0543 e. The fourth-order valence-electron chi connectivity index (χ4n) is 1.28. The van der Waals surface area contributed by atoms with Gasteiger partial charge >= 0.3 is 0 Å². The number of unbranched alkanes of at least 4 members (excludes halogenated alkanes) is 2. The van der Waals surface area contributed by atoms with Gasteiger partial charge in [0.25, 0.3) is 0 Å². The fraction of sp³-hybridized carbons (Fsp3) is 1.00. The van der Waals surface area contributed by atoms with Crippen molar-refractivity contribution in [3.8, 4) is 0 Å². The highest BCUT2D eigenvalue weighted by molar-refractivity contribution is 4.52. The van der Waals surface area contributed by atoms with Crippen LogP contribution < -0.4 is 0 Å². The van der Waals surface area contributed by atoms with E-state index in [2.05, 4.69) is 20.8 Å². The van der Waals surface area contributed by atoms with E-state index in [0.29, 0.717) is 6.10 Å². The molecule has 1 atom stereocenters. The molecule has 0 saturated carbocycles. The van der Waals surface area contributed by atoms with Crippen LogP contribution in [0.3, 0.4) is 0 Å². The molecule has 0 fully saturated rings. The Hall–Kier alpha value is -0.0400. The Bertz CT molecular complexity index is 89.0. The van der Waals surface area contributed by atoms with E-state index in [-0.39, 0.29) is 0 Å². The molecule has 1 heteroatoms. The van der Waals surface area contributed by atoms with E-state index < -0.39 is 0 Å². The normalized spacial score (nSPS) is 13.8. The quantitative estimate of drug-likeness (QED) is 0.533. The molecule has 0 rings (SSSR count). The summed E-state index contributed by atoms with van der Waals surface area (Å²) in [7, 11) is 1.79. The summed E-state index contributed by atoms with van der Waals surface area (Å²) in [5.41, 5.74) is 0. The van der Waals surface area contributed by atoms with Gasteiger partial charge in [-0.2, -0.15) is 0 Å². The van der Waals surface area contributed by atoms with Gasteiger partial charge in [-0.05, 0) is 19.3 Å². The third-order valence-corrected chi connectivity index (χ3v) is 2.29. The zero-order valence-electron chi connectivity index (χ0n) is 9.10. The summed E-state index contributed by atoms with van der Waals surface area (Å²) in [5, 5.41) is 0. The second-order valence-electron chi connectivity index (χ2n) is 4.08. The highest BCUT2D eigenvalue weighted by atomic mass is 16.5. The lowest BCUT2D eigenvalue weighted by Crippen LogP contribution is -2.03. The number of rotatable bonds is 7. The van der Waals surface area contributed by atoms with Crippen molar-refractivity contribution in [2.45, 2.75) is 59.0 Å². The molecule has 1 nitrogen and oxygen atoms in total. The van der Waals surface area contributed by atoms with Crippen molar-refractivity contribution in [2.75, 3.05) is 7.11 Å². The summed E-state index contributed by atoms with van der Waals surface area (Å²) >= 11 is 0. The standard InChI is InChI=1S/C11H24O/c1-10(2)8-6-5-7-9-11(3)12-4/h10-11H,5-9H2,1-4H3. The molecule has 0 amide bonds. The van der Waals surface area contributed by atoms with Gasteiger partial charge in [0.15, 0.2) is 0 Å². The van der Waals surface area contributed by atoms with Crippen LogP contribution in [0.25, 0.3) is 0 Å². The molecule has 0 radical (unpaired) electrons. The number of hydrogen-bond acceptors (Lipinski definition) is 1. The number of hydrogen-bond donors (Lipinski definition) is 0. The van der Waals surface area contributed by atoms with E-state index in [1.807, 2.05) is 0 Å². The van der Waals surface area contributed by atoms with Crippen LogP contribution in [-0.2, 0) is 4.74 Å². The van der Waals surface area contributed by atoms with Crippen LogP contribution in [0.1, 0.15) is 52.9 Å². The van der Waals surface area contributed by atoms with Crippen molar-refractivity contribution in [2.24, 2.45) is 5.92 Å². The first-order chi connectivity index (χ1) is 5.66. The van der Waals surface area contributed by atoms with Crippen molar-refractivity contribution in [3.05, 3.63) is 0 Å². The van der Waals surface area contributed by atoms with Crippen molar-refractivity contribution in [1.82, 2.24) is 0 Å². The summed E-state index contributed by atoms with van der Waals surface area (Å²) in [4.78, 5) is 0. The maximum Gasteiger partial charge on any atom is 0.0543 e. The van der Waals surface area contributed by atoms with E-state index in [1.54, 1.807) is 7.11 Å². The average Bonchev–Trinajstić information content (AvgIpc) is 2.03. The summed E-state index contributed by atoms with van der Waals surface area (Å²) in [6.07, 6.45) is 7.11. The minimum absolute atomic E-state index is 0.448. The zero-order valence-corrected chi connectivity index (χ0v) is 9.10. The minimum atomic E-state index is 0.448. The van der Waals surface area contributed by atoms with Crippen LogP contribution in [-0.4, -0.2) is 13.2 Å². The van der Waals surface area contributed by atoms with Crippen molar-refractivity contribution in [3.63, 3.8) is 0 Å². The van der Waals surface area contributed by atoms with Gasteiger partial charge in [0.05, 0.1) is 6.10 Å². The third-order valence-electron chi connectivity index (χ3n) is 2.29. The molecule has 0 aliphatic carbocycles. The maximum absolute atomic E-state index is 5.18. The van der Waals surface area contributed by atoms with Gasteiger partial charge in [0.2, 0.25) is 0 Å². The first-order valence-electron chi connectivity index (χ1n) is 5.19. The molecular formula is C11H24O. The highest BCUT2D eigenvalue weighted by Gasteiger charge is 1.99. The summed E-state index contributed by atoms with van der Waals surface area (Å²) in [5.74, 6) is 0.866. The number of methoxy groups -OCH3 is 1. The van der Waals surface area contributed by atoms with E-state index in [1.165, 1.54) is 32.1 Å². The van der Waals surface area contributed by atoms with Crippen LogP contribution in [0.4, 0.5) is 0 Å². The van der Waals surface area contributed by atoms with Gasteiger partial charge < -0.3 is 4.74 Å². The molecule has 0 aromatic carbocycles. The van der Waals surface area contributed by atoms with E-state index in [4.69, 9.17) is 4.74 Å². The molecule has 0 aliphatic heterocycles. The highest BCUT2D eigenvalue weighted by Crippen LogP contribution is 2.11. The molecule has 0 aliphatic rings. The first kappa shape index (κ1) is 12.0. The van der Waals surface area contributed by atoms with Gasteiger partial charge in [-0.3, -0.25) is 0 Å². The van der Waals surface area contributed by atoms with Crippen LogP contribution in [0.5, 0.6) is 0 Å². The third kappa shape index (κ3) is 8.06. The Morgan fingerprint density at radius 2 is 1.50 bits per heavy atom. The molecule has 0 bridgehead atoms. The predicted octanol–water partition coefficient (Wildman–Crippen LogP) is 3.63. The molecule has 74 valence electrons. The van der Waals surface area contributed by atoms with E-state index in [0.717, 1.165) is 5.92 Å². The molecule has 1 unspecified atom stereocenters. The van der Waals surface area contributed by atoms with Crippen molar-refractivity contribution in [1.29, 1.82) is 0 Å².